The van der Waals surface area contributed by atoms with Gasteiger partial charge < -0.3 is 57.1 Å². The van der Waals surface area contributed by atoms with Crippen LogP contribution in [0, 0.1) is 11.2 Å². The summed E-state index contributed by atoms with van der Waals surface area (Å²) in [6, 6.07) is 20.9. The van der Waals surface area contributed by atoms with Crippen LogP contribution >= 0.6 is 46.1 Å². The van der Waals surface area contributed by atoms with E-state index in [1.807, 2.05) is 58.9 Å². The maximum atomic E-state index is 13.4. The third-order valence-electron chi connectivity index (χ3n) is 17.0. The Morgan fingerprint density at radius 3 is 1.28 bits per heavy atom. The fourth-order valence-corrected chi connectivity index (χ4v) is 14.4. The van der Waals surface area contributed by atoms with Crippen LogP contribution in [0.2, 0.25) is 0 Å². The molecule has 0 unspecified atom stereocenters. The zero-order chi connectivity index (χ0) is 80.5. The van der Waals surface area contributed by atoms with Crippen molar-refractivity contribution < 1.29 is 63.1 Å². The van der Waals surface area contributed by atoms with Crippen LogP contribution < -0.4 is 37.2 Å². The highest BCUT2D eigenvalue weighted by Crippen LogP contribution is 2.55. The van der Waals surface area contributed by atoms with Gasteiger partial charge in [0.2, 0.25) is 29.7 Å². The lowest BCUT2D eigenvalue weighted by molar-refractivity contribution is -0.120. The van der Waals surface area contributed by atoms with E-state index in [0.717, 1.165) is 67.8 Å². The predicted molar refractivity (Wildman–Crippen MR) is 419 cm³/mol. The van der Waals surface area contributed by atoms with E-state index in [4.69, 9.17) is 10.2 Å². The molecular weight excluding hydrogens is 1530 g/mol. The first kappa shape index (κ1) is 79.4. The average molecular weight is 1590 g/mol. The van der Waals surface area contributed by atoms with Crippen molar-refractivity contribution in [2.75, 3.05) is 46.1 Å². The number of aromatic hydroxyl groups is 4. The van der Waals surface area contributed by atoms with Crippen molar-refractivity contribution in [3.63, 3.8) is 0 Å². The molecule has 572 valence electrons. The number of azo groups is 4. The number of isocyanates is 1. The minimum Gasteiger partial charge on any atom is -0.505 e. The number of anilines is 6. The van der Waals surface area contributed by atoms with Gasteiger partial charge in [-0.25, -0.2) is 44.1 Å². The molecule has 3 aliphatic heterocycles. The number of benzene rings is 4. The van der Waals surface area contributed by atoms with Gasteiger partial charge >= 0.3 is 12.1 Å². The first-order valence-electron chi connectivity index (χ1n) is 33.3. The van der Waals surface area contributed by atoms with Gasteiger partial charge in [0.25, 0.3) is 0 Å². The summed E-state index contributed by atoms with van der Waals surface area (Å²) < 4.78 is 34.9. The summed E-state index contributed by atoms with van der Waals surface area (Å²) in [5, 5.41) is 105. The Hall–Kier alpha value is -13.6. The quantitative estimate of drug-likeness (QED) is 0.0234. The maximum absolute atomic E-state index is 13.4. The summed E-state index contributed by atoms with van der Waals surface area (Å²) in [6.45, 7) is 14.0. The van der Waals surface area contributed by atoms with Crippen LogP contribution in [0.25, 0.3) is 44.1 Å². The Morgan fingerprint density at radius 1 is 0.554 bits per heavy atom. The van der Waals surface area contributed by atoms with Gasteiger partial charge in [0.15, 0.2) is 54.2 Å². The highest BCUT2D eigenvalue weighted by atomic mass is 32.1. The molecule has 0 fully saturated rings. The van der Waals surface area contributed by atoms with Gasteiger partial charge in [-0.2, -0.15) is 17.5 Å². The number of aryl methyl sites for hydroxylation is 1. The number of hydrogen-bond donors (Lipinski definition) is 12. The monoisotopic (exact) mass is 1590 g/mol. The van der Waals surface area contributed by atoms with Crippen LogP contribution in [0.15, 0.2) is 145 Å². The number of carbonyl (C=O) groups is 6. The van der Waals surface area contributed by atoms with E-state index in [2.05, 4.69) is 120 Å². The minimum atomic E-state index is -1.01. The van der Waals surface area contributed by atoms with Crippen LogP contribution in [-0.2, 0) is 51.4 Å². The number of nitrogens with zero attached hydrogens (tertiary/aromatic N) is 16. The molecular formula is C71H65FN24O12S4. The highest BCUT2D eigenvalue weighted by Gasteiger charge is 2.44. The number of fused-ring (bicyclic) bond motifs is 7. The molecule has 0 aliphatic carbocycles. The molecule has 0 spiro atoms. The lowest BCUT2D eigenvalue weighted by atomic mass is 9.76. The molecule has 0 radical (unpaired) electrons. The summed E-state index contributed by atoms with van der Waals surface area (Å²) in [6.07, 6.45) is 7.57. The molecule has 4 aromatic carbocycles. The second-order valence-corrected chi connectivity index (χ2v) is 29.1. The van der Waals surface area contributed by atoms with Crippen molar-refractivity contribution in [2.45, 2.75) is 90.9 Å². The molecule has 0 atom stereocenters. The molecule has 11 heterocycles. The van der Waals surface area contributed by atoms with Crippen molar-refractivity contribution in [3.05, 3.63) is 132 Å². The topological polar surface area (TPSA) is 520 Å². The van der Waals surface area contributed by atoms with Gasteiger partial charge in [0.05, 0.1) is 73.9 Å². The van der Waals surface area contributed by atoms with Gasteiger partial charge in [-0.15, -0.1) is 40.9 Å². The van der Waals surface area contributed by atoms with Crippen LogP contribution in [0.4, 0.5) is 90.9 Å². The lowest BCUT2D eigenvalue weighted by Gasteiger charge is -2.33. The van der Waals surface area contributed by atoms with Crippen molar-refractivity contribution >= 4 is 209 Å². The predicted octanol–water partition coefficient (Wildman–Crippen LogP) is 17.2. The maximum Gasteiger partial charge on any atom is 0.411 e. The van der Waals surface area contributed by atoms with E-state index in [-0.39, 0.29) is 82.2 Å². The Kier molecular flexibility index (Phi) is 23.7. The van der Waals surface area contributed by atoms with E-state index in [1.165, 1.54) is 62.9 Å². The van der Waals surface area contributed by atoms with E-state index >= 15 is 0 Å². The van der Waals surface area contributed by atoms with Gasteiger partial charge in [-0.3, -0.25) is 24.5 Å². The number of pyridine rings is 4. The number of phenols is 4. The minimum absolute atomic E-state index is 0.0911. The fourth-order valence-electron chi connectivity index (χ4n) is 11.8. The summed E-state index contributed by atoms with van der Waals surface area (Å²) in [7, 11) is 2.68. The Balaban J connectivity index is 0.000000147. The van der Waals surface area contributed by atoms with Crippen LogP contribution in [0.1, 0.15) is 90.5 Å². The first-order chi connectivity index (χ1) is 53.5. The van der Waals surface area contributed by atoms with E-state index in [9.17, 15) is 53.6 Å². The molecule has 12 N–H and O–H groups in total. The number of halogens is 1. The Labute approximate surface area is 649 Å². The molecule has 3 aliphatic rings. The zero-order valence-electron chi connectivity index (χ0n) is 60.7. The average Bonchev–Trinajstić information content (AvgIpc) is 1.47. The molecule has 8 aromatic heterocycles. The normalized spacial score (nSPS) is 14.1. The molecule has 0 saturated carbocycles. The summed E-state index contributed by atoms with van der Waals surface area (Å²) in [5.74, 6) is -2.54. The molecule has 7 amide bonds. The fraction of sp³-hybridized carbons (Fsp3) is 0.225. The Bertz CT molecular complexity index is 5910. The lowest BCUT2D eigenvalue weighted by Crippen LogP contribution is -2.33. The standard InChI is InChI=1S/C19H18N6O4S.C19H18N6O3S.C18H17N7O3S.C14H11FN4OS.CHNO/c1-19(2)8-12(26)22-14-10(7-11(15(27)13(14)19)21-18(28)29-3)23-24-17-9-5-4-6-20-16(9)25-30-17;1-9(26)21-12-7-11(15-14(16(12)28)19(2,3)8-13(27)22-15)23-24-18-10-5-4-6-20-17(10)25-29-18;1-18(2)11-12(22-16(18)27)9(7-10(13(11)26)21-17(28)19-3)23-24-15-8-5-4-6-20-14(8)25-29-15;1-2-8-6-12(20)10(15)7-11(8)17-18-14-9-4-3-5-16-13(9)19-21-14;2-1-3/h4-7,27H,8H2,1-3H3,(H,21,28)(H,22,26);4-7,28H,8H2,1-3H3,(H,21,26)(H,22,27);4-7,26H,1-3H3,(H,22,27)(H2,19,21,28);3-7,20H,2H2,1H3;2H. The van der Waals surface area contributed by atoms with Crippen molar-refractivity contribution in [3.8, 4) is 23.0 Å². The number of carbonyl (C=O) groups excluding carboxylic acids is 7. The second-order valence-electron chi connectivity index (χ2n) is 26.1. The highest BCUT2D eigenvalue weighted by molar-refractivity contribution is 7.12. The number of aromatic nitrogens is 8. The van der Waals surface area contributed by atoms with E-state index in [0.29, 0.717) is 99.8 Å². The molecule has 112 heavy (non-hydrogen) atoms. The first-order valence-corrected chi connectivity index (χ1v) is 36.4. The molecule has 12 aromatic rings. The summed E-state index contributed by atoms with van der Waals surface area (Å²) in [4.78, 5) is 97.0. The van der Waals surface area contributed by atoms with Crippen molar-refractivity contribution in [2.24, 2.45) is 40.9 Å². The number of ether oxygens (including phenoxy) is 1. The number of urea groups is 1. The summed E-state index contributed by atoms with van der Waals surface area (Å²) in [5.41, 5.74) is 4.84. The van der Waals surface area contributed by atoms with Crippen LogP contribution in [0.5, 0.6) is 23.0 Å². The van der Waals surface area contributed by atoms with E-state index in [1.54, 1.807) is 62.9 Å². The van der Waals surface area contributed by atoms with Gasteiger partial charge in [0.1, 0.15) is 34.3 Å². The van der Waals surface area contributed by atoms with Crippen molar-refractivity contribution in [1.82, 2.24) is 42.7 Å². The second kappa shape index (κ2) is 33.5. The van der Waals surface area contributed by atoms with Gasteiger partial charge in [0, 0.05) is 85.2 Å². The smallest absolute Gasteiger partial charge is 0.411 e. The number of hydrogen-bond acceptors (Lipinski definition) is 33. The van der Waals surface area contributed by atoms with Crippen LogP contribution in [-0.4, -0.2) is 114 Å². The Morgan fingerprint density at radius 2 is 0.911 bits per heavy atom. The zero-order valence-corrected chi connectivity index (χ0v) is 63.9. The molecule has 0 bridgehead atoms. The third-order valence-corrected chi connectivity index (χ3v) is 20.0. The van der Waals surface area contributed by atoms with E-state index < -0.39 is 34.2 Å². The SMILES string of the molecule is CC(=O)Nc1cc(N=Nc2snc3ncccc23)c2c(c1O)C(C)(C)CC(=O)N2.CCc1cc(O)c(F)cc1N=Nc1snc2ncccc12.CNC(=O)Nc1cc(N=Nc2snc3ncccc23)c2c(c1O)C(C)(C)C(=O)N2.COC(=O)Nc1cc(N=Nc2snc3ncccc23)c2c(c1O)C(C)(C)CC(=O)N2.N=C=O. The third kappa shape index (κ3) is 17.1. The number of amides is 7. The number of phenolic OH excluding ortho intramolecular Hbond substituents is 4. The number of rotatable bonds is 12. The molecule has 0 saturated heterocycles. The number of nitrogens with one attached hydrogen (secondary N) is 8. The van der Waals surface area contributed by atoms with Gasteiger partial charge in [-0.1, -0.05) is 34.6 Å². The molecule has 36 nitrogen and oxygen atoms in total. The molecule has 41 heteroatoms. The largest absolute Gasteiger partial charge is 0.505 e. The van der Waals surface area contributed by atoms with Gasteiger partial charge in [-0.05, 0) is 145 Å². The number of methoxy groups -OCH3 is 1. The molecule has 15 rings (SSSR count). The van der Waals surface area contributed by atoms with Crippen LogP contribution in [0.3, 0.4) is 0 Å². The summed E-state index contributed by atoms with van der Waals surface area (Å²) >= 11 is 4.64. The van der Waals surface area contributed by atoms with Crippen molar-refractivity contribution in [1.29, 1.82) is 5.41 Å².